The van der Waals surface area contributed by atoms with Crippen LogP contribution in [0.4, 0.5) is 4.79 Å². The monoisotopic (exact) mass is 572 g/mol. The van der Waals surface area contributed by atoms with Gasteiger partial charge in [0.05, 0.1) is 44.0 Å². The van der Waals surface area contributed by atoms with Crippen LogP contribution in [0.25, 0.3) is 16.6 Å². The van der Waals surface area contributed by atoms with Gasteiger partial charge in [0.1, 0.15) is 11.6 Å². The molecule has 1 unspecified atom stereocenters. The quantitative estimate of drug-likeness (QED) is 0.271. The van der Waals surface area contributed by atoms with Crippen LogP contribution in [0.2, 0.25) is 0 Å². The van der Waals surface area contributed by atoms with E-state index in [0.29, 0.717) is 52.6 Å². The maximum Gasteiger partial charge on any atom is 0.318 e. The first kappa shape index (κ1) is 30.4. The molecule has 4 aromatic rings. The van der Waals surface area contributed by atoms with Crippen molar-refractivity contribution in [2.24, 2.45) is 0 Å². The van der Waals surface area contributed by atoms with Gasteiger partial charge in [0.2, 0.25) is 0 Å². The van der Waals surface area contributed by atoms with Gasteiger partial charge in [-0.25, -0.2) is 9.78 Å². The summed E-state index contributed by atoms with van der Waals surface area (Å²) >= 11 is 0. The molecule has 42 heavy (non-hydrogen) atoms. The molecule has 0 aliphatic rings. The minimum Gasteiger partial charge on any atom is -0.495 e. The predicted molar refractivity (Wildman–Crippen MR) is 165 cm³/mol. The molecule has 3 aromatic carbocycles. The molecule has 2 amide bonds. The van der Waals surface area contributed by atoms with Gasteiger partial charge in [0, 0.05) is 12.1 Å². The van der Waals surface area contributed by atoms with Crippen molar-refractivity contribution in [3.05, 3.63) is 88.0 Å². The van der Waals surface area contributed by atoms with Gasteiger partial charge in [-0.1, -0.05) is 24.3 Å². The molecular formula is C33H40N4O5. The Morgan fingerprint density at radius 2 is 1.62 bits per heavy atom. The highest BCUT2D eigenvalue weighted by atomic mass is 16.5. The summed E-state index contributed by atoms with van der Waals surface area (Å²) in [4.78, 5) is 34.6. The lowest BCUT2D eigenvalue weighted by Crippen LogP contribution is -2.50. The average molecular weight is 573 g/mol. The highest BCUT2D eigenvalue weighted by Crippen LogP contribution is 2.30. The lowest BCUT2D eigenvalue weighted by molar-refractivity contribution is 0.168. The Bertz CT molecular complexity index is 1640. The van der Waals surface area contributed by atoms with Gasteiger partial charge in [-0.15, -0.1) is 0 Å². The van der Waals surface area contributed by atoms with Crippen LogP contribution in [0, 0.1) is 6.92 Å². The van der Waals surface area contributed by atoms with Gasteiger partial charge in [-0.3, -0.25) is 9.36 Å². The normalized spacial score (nSPS) is 12.1. The molecule has 4 rings (SSSR count). The number of carbonyl (C=O) groups is 1. The molecule has 1 aromatic heterocycles. The number of hydrogen-bond acceptors (Lipinski definition) is 6. The van der Waals surface area contributed by atoms with Crippen LogP contribution in [-0.2, 0) is 6.42 Å². The summed E-state index contributed by atoms with van der Waals surface area (Å²) < 4.78 is 18.1. The van der Waals surface area contributed by atoms with Gasteiger partial charge in [0.15, 0.2) is 11.5 Å². The fourth-order valence-corrected chi connectivity index (χ4v) is 4.93. The Kier molecular flexibility index (Phi) is 9.09. The Morgan fingerprint density at radius 1 is 0.952 bits per heavy atom. The third-order valence-electron chi connectivity index (χ3n) is 7.05. The number of para-hydroxylation sites is 1. The van der Waals surface area contributed by atoms with E-state index in [-0.39, 0.29) is 11.6 Å². The Morgan fingerprint density at radius 3 is 2.29 bits per heavy atom. The lowest BCUT2D eigenvalue weighted by atomic mass is 10.1. The summed E-state index contributed by atoms with van der Waals surface area (Å²) in [5.41, 5.74) is 2.34. The predicted octanol–water partition coefficient (Wildman–Crippen LogP) is 5.83. The van der Waals surface area contributed by atoms with Crippen molar-refractivity contribution in [1.82, 2.24) is 19.8 Å². The average Bonchev–Trinajstić information content (AvgIpc) is 2.96. The molecule has 9 nitrogen and oxygen atoms in total. The number of methoxy groups -OCH3 is 3. The first-order chi connectivity index (χ1) is 20.0. The SMILES string of the molecule is COc1ccc(CCN(C(=O)NC(C)(C)C)C(C)c2nc3ccccc3c(=O)n2-c2cc(C)ccc2OC)cc1OC. The fourth-order valence-electron chi connectivity index (χ4n) is 4.93. The third-order valence-corrected chi connectivity index (χ3v) is 7.05. The standard InChI is InChI=1S/C33H40N4O5/c1-21-13-15-27(40-6)26(19-21)37-30(34-25-12-10-9-11-24(25)31(37)38)22(2)36(32(39)35-33(3,4)5)18-17-23-14-16-28(41-7)29(20-23)42-8/h9-16,19-20,22H,17-18H2,1-8H3,(H,35,39). The topological polar surface area (TPSA) is 94.9 Å². The van der Waals surface area contributed by atoms with E-state index >= 15 is 0 Å². The summed E-state index contributed by atoms with van der Waals surface area (Å²) in [6.07, 6.45) is 0.536. The second kappa shape index (κ2) is 12.5. The number of rotatable bonds is 9. The smallest absolute Gasteiger partial charge is 0.318 e. The number of ether oxygens (including phenoxy) is 3. The molecule has 0 spiro atoms. The highest BCUT2D eigenvalue weighted by molar-refractivity contribution is 5.79. The molecular weight excluding hydrogens is 532 g/mol. The number of carbonyl (C=O) groups excluding carboxylic acids is 1. The highest BCUT2D eigenvalue weighted by Gasteiger charge is 2.29. The van der Waals surface area contributed by atoms with Crippen molar-refractivity contribution >= 4 is 16.9 Å². The van der Waals surface area contributed by atoms with Crippen LogP contribution in [0.3, 0.4) is 0 Å². The van der Waals surface area contributed by atoms with E-state index in [1.807, 2.05) is 89.2 Å². The van der Waals surface area contributed by atoms with E-state index in [1.54, 1.807) is 36.9 Å². The van der Waals surface area contributed by atoms with E-state index in [0.717, 1.165) is 11.1 Å². The van der Waals surface area contributed by atoms with Crippen molar-refractivity contribution in [2.45, 2.75) is 52.6 Å². The van der Waals surface area contributed by atoms with Crippen molar-refractivity contribution < 1.29 is 19.0 Å². The molecule has 1 N–H and O–H groups in total. The molecule has 0 saturated carbocycles. The van der Waals surface area contributed by atoms with Gasteiger partial charge in [-0.05, 0) is 88.6 Å². The Labute approximate surface area is 247 Å². The third kappa shape index (κ3) is 6.51. The maximum absolute atomic E-state index is 14.1. The van der Waals surface area contributed by atoms with Gasteiger partial charge in [-0.2, -0.15) is 0 Å². The molecule has 0 radical (unpaired) electrons. The zero-order chi connectivity index (χ0) is 30.6. The molecule has 0 aliphatic heterocycles. The molecule has 0 bridgehead atoms. The number of nitrogens with one attached hydrogen (secondary N) is 1. The summed E-state index contributed by atoms with van der Waals surface area (Å²) in [5.74, 6) is 2.21. The second-order valence-corrected chi connectivity index (χ2v) is 11.3. The van der Waals surface area contributed by atoms with E-state index < -0.39 is 11.6 Å². The largest absolute Gasteiger partial charge is 0.495 e. The van der Waals surface area contributed by atoms with Crippen LogP contribution in [-0.4, -0.2) is 53.9 Å². The minimum atomic E-state index is -0.588. The minimum absolute atomic E-state index is 0.234. The molecule has 0 saturated heterocycles. The van der Waals surface area contributed by atoms with E-state index in [4.69, 9.17) is 19.2 Å². The van der Waals surface area contributed by atoms with Crippen molar-refractivity contribution in [3.8, 4) is 22.9 Å². The molecule has 1 heterocycles. The van der Waals surface area contributed by atoms with Gasteiger partial charge in [0.25, 0.3) is 5.56 Å². The van der Waals surface area contributed by atoms with E-state index in [1.165, 1.54) is 0 Å². The van der Waals surface area contributed by atoms with Crippen molar-refractivity contribution in [3.63, 3.8) is 0 Å². The van der Waals surface area contributed by atoms with Crippen molar-refractivity contribution in [2.75, 3.05) is 27.9 Å². The molecule has 0 fully saturated rings. The zero-order valence-electron chi connectivity index (χ0n) is 25.6. The molecule has 1 atom stereocenters. The van der Waals surface area contributed by atoms with E-state index in [9.17, 15) is 9.59 Å². The number of hydrogen-bond donors (Lipinski definition) is 1. The van der Waals surface area contributed by atoms with Crippen LogP contribution >= 0.6 is 0 Å². The number of aryl methyl sites for hydroxylation is 1. The summed E-state index contributed by atoms with van der Waals surface area (Å²) in [7, 11) is 4.76. The fraction of sp³-hybridized carbons (Fsp3) is 0.364. The van der Waals surface area contributed by atoms with Crippen LogP contribution in [0.5, 0.6) is 17.2 Å². The molecule has 222 valence electrons. The number of amides is 2. The number of benzene rings is 3. The molecule has 9 heteroatoms. The first-order valence-electron chi connectivity index (χ1n) is 13.9. The summed E-state index contributed by atoms with van der Waals surface area (Å²) in [5, 5.41) is 3.57. The Hall–Kier alpha value is -4.53. The number of urea groups is 1. The number of fused-ring (bicyclic) bond motifs is 1. The van der Waals surface area contributed by atoms with Crippen molar-refractivity contribution in [1.29, 1.82) is 0 Å². The van der Waals surface area contributed by atoms with Gasteiger partial charge >= 0.3 is 6.03 Å². The van der Waals surface area contributed by atoms with Gasteiger partial charge < -0.3 is 24.4 Å². The van der Waals surface area contributed by atoms with Crippen LogP contribution in [0.15, 0.2) is 65.5 Å². The number of nitrogens with zero attached hydrogens (tertiary/aromatic N) is 3. The zero-order valence-corrected chi connectivity index (χ0v) is 25.6. The lowest BCUT2D eigenvalue weighted by Gasteiger charge is -2.33. The van der Waals surface area contributed by atoms with Crippen LogP contribution < -0.4 is 25.1 Å². The number of aromatic nitrogens is 2. The summed E-state index contributed by atoms with van der Waals surface area (Å²) in [6.45, 7) is 10.0. The molecule has 0 aliphatic carbocycles. The second-order valence-electron chi connectivity index (χ2n) is 11.3. The summed E-state index contributed by atoms with van der Waals surface area (Å²) in [6, 6.07) is 17.8. The Balaban J connectivity index is 1.86. The van der Waals surface area contributed by atoms with E-state index in [2.05, 4.69) is 5.32 Å². The first-order valence-corrected chi connectivity index (χ1v) is 13.9. The van der Waals surface area contributed by atoms with Crippen LogP contribution in [0.1, 0.15) is 50.7 Å². The maximum atomic E-state index is 14.1.